The monoisotopic (exact) mass is 546 g/mol. The van der Waals surface area contributed by atoms with Crippen LogP contribution in [0.25, 0.3) is 0 Å². The number of nitrogens with zero attached hydrogens (tertiary/aromatic N) is 3. The molecule has 1 amide bonds. The van der Waals surface area contributed by atoms with Crippen LogP contribution in [-0.2, 0) is 29.1 Å². The maximum absolute atomic E-state index is 14.2. The van der Waals surface area contributed by atoms with Crippen LogP contribution >= 0.6 is 11.6 Å². The summed E-state index contributed by atoms with van der Waals surface area (Å²) in [4.78, 5) is 21.6. The zero-order valence-electron chi connectivity index (χ0n) is 18.1. The summed E-state index contributed by atoms with van der Waals surface area (Å²) >= 11 is 6.13. The number of halogens is 10. The Kier molecular flexibility index (Phi) is 7.32. The minimum Gasteiger partial charge on any atom is -0.352 e. The first-order valence-corrected chi connectivity index (χ1v) is 10.5. The summed E-state index contributed by atoms with van der Waals surface area (Å²) < 4.78 is 122. The van der Waals surface area contributed by atoms with Crippen LogP contribution < -0.4 is 5.32 Å². The van der Waals surface area contributed by atoms with Crippen LogP contribution in [0.3, 0.4) is 0 Å². The number of rotatable bonds is 5. The predicted molar refractivity (Wildman–Crippen MR) is 109 cm³/mol. The van der Waals surface area contributed by atoms with Crippen LogP contribution in [0.2, 0.25) is 5.02 Å². The lowest BCUT2D eigenvalue weighted by Gasteiger charge is -2.31. The van der Waals surface area contributed by atoms with Crippen molar-refractivity contribution in [1.29, 1.82) is 0 Å². The van der Waals surface area contributed by atoms with E-state index in [2.05, 4.69) is 20.3 Å². The Balaban J connectivity index is 2.02. The Bertz CT molecular complexity index is 1150. The van der Waals surface area contributed by atoms with Gasteiger partial charge in [-0.1, -0.05) is 18.5 Å². The fourth-order valence-corrected chi connectivity index (χ4v) is 3.76. The highest BCUT2D eigenvalue weighted by molar-refractivity contribution is 6.31. The Morgan fingerprint density at radius 2 is 1.64 bits per heavy atom. The molecule has 2 atom stereocenters. The van der Waals surface area contributed by atoms with Crippen LogP contribution in [0.15, 0.2) is 29.4 Å². The number of amides is 1. The van der Waals surface area contributed by atoms with Crippen molar-refractivity contribution in [3.05, 3.63) is 57.6 Å². The lowest BCUT2D eigenvalue weighted by molar-refractivity contribution is -0.170. The van der Waals surface area contributed by atoms with Crippen LogP contribution in [0.5, 0.6) is 0 Å². The Morgan fingerprint density at radius 3 is 2.11 bits per heavy atom. The number of alkyl halides is 9. The lowest BCUT2D eigenvalue weighted by atomic mass is 9.77. The quantitative estimate of drug-likeness (QED) is 0.454. The largest absolute Gasteiger partial charge is 0.433 e. The van der Waals surface area contributed by atoms with Gasteiger partial charge in [-0.15, -0.1) is 0 Å². The van der Waals surface area contributed by atoms with Gasteiger partial charge in [-0.05, 0) is 30.2 Å². The maximum atomic E-state index is 14.2. The van der Waals surface area contributed by atoms with Crippen LogP contribution in [0.1, 0.15) is 54.0 Å². The highest BCUT2D eigenvalue weighted by Gasteiger charge is 2.59. The molecule has 2 aromatic rings. The van der Waals surface area contributed by atoms with Crippen molar-refractivity contribution in [3.63, 3.8) is 0 Å². The molecule has 0 spiro atoms. The third-order valence-electron chi connectivity index (χ3n) is 5.51. The molecular formula is C21H16ClF9N4O. The van der Waals surface area contributed by atoms with Crippen LogP contribution in [0.4, 0.5) is 39.5 Å². The van der Waals surface area contributed by atoms with Crippen LogP contribution in [0, 0.1) is 0 Å². The molecule has 1 aliphatic rings. The molecule has 3 heterocycles. The van der Waals surface area contributed by atoms with Gasteiger partial charge in [0.05, 0.1) is 11.7 Å². The molecule has 0 saturated carbocycles. The van der Waals surface area contributed by atoms with E-state index in [4.69, 9.17) is 11.6 Å². The number of aliphatic imine (C=N–C) groups is 1. The van der Waals surface area contributed by atoms with E-state index in [1.807, 2.05) is 0 Å². The summed E-state index contributed by atoms with van der Waals surface area (Å²) in [6.07, 6.45) is -15.6. The Hall–Kier alpha value is -2.90. The van der Waals surface area contributed by atoms with Crippen molar-refractivity contribution in [2.75, 3.05) is 0 Å². The molecule has 0 saturated heterocycles. The van der Waals surface area contributed by atoms with Gasteiger partial charge in [-0.3, -0.25) is 14.8 Å². The van der Waals surface area contributed by atoms with Gasteiger partial charge in [0, 0.05) is 36.0 Å². The number of aromatic nitrogens is 2. The summed E-state index contributed by atoms with van der Waals surface area (Å²) in [5.74, 6) is -0.292. The first-order chi connectivity index (χ1) is 16.5. The fourth-order valence-electron chi connectivity index (χ4n) is 3.54. The lowest BCUT2D eigenvalue weighted by Crippen LogP contribution is -2.43. The number of pyridine rings is 2. The molecular weight excluding hydrogens is 531 g/mol. The minimum atomic E-state index is -5.43. The van der Waals surface area contributed by atoms with Gasteiger partial charge in [0.15, 0.2) is 0 Å². The number of nitrogens with one attached hydrogen (secondary N) is 1. The average molecular weight is 547 g/mol. The third-order valence-corrected chi connectivity index (χ3v) is 5.86. The summed E-state index contributed by atoms with van der Waals surface area (Å²) in [7, 11) is 0. The minimum absolute atomic E-state index is 0.0172. The van der Waals surface area contributed by atoms with E-state index in [1.54, 1.807) is 6.92 Å². The Morgan fingerprint density at radius 1 is 1.06 bits per heavy atom. The van der Waals surface area contributed by atoms with Gasteiger partial charge < -0.3 is 5.32 Å². The van der Waals surface area contributed by atoms with Crippen molar-refractivity contribution in [2.45, 2.75) is 56.3 Å². The van der Waals surface area contributed by atoms with Crippen molar-refractivity contribution < 1.29 is 44.3 Å². The van der Waals surface area contributed by atoms with Crippen LogP contribution in [-0.4, -0.2) is 28.3 Å². The number of carbonyl (C=O) groups excluding carboxylic acids is 1. The van der Waals surface area contributed by atoms with E-state index in [1.165, 1.54) is 12.3 Å². The second-order valence-electron chi connectivity index (χ2n) is 7.92. The molecule has 1 N–H and O–H groups in total. The highest BCUT2D eigenvalue weighted by Crippen LogP contribution is 2.51. The summed E-state index contributed by atoms with van der Waals surface area (Å²) in [6.45, 7) is 1.60. The maximum Gasteiger partial charge on any atom is 0.433 e. The Labute approximate surface area is 202 Å². The van der Waals surface area contributed by atoms with Crippen molar-refractivity contribution in [2.24, 2.45) is 4.99 Å². The molecule has 36 heavy (non-hydrogen) atoms. The second kappa shape index (κ2) is 9.52. The topological polar surface area (TPSA) is 67.2 Å². The smallest absolute Gasteiger partial charge is 0.352 e. The normalized spacial score (nSPS) is 20.6. The van der Waals surface area contributed by atoms with Crippen molar-refractivity contribution in [3.8, 4) is 0 Å². The third kappa shape index (κ3) is 5.57. The molecule has 1 aliphatic heterocycles. The van der Waals surface area contributed by atoms with Gasteiger partial charge >= 0.3 is 18.5 Å². The molecule has 5 nitrogen and oxygen atoms in total. The zero-order valence-corrected chi connectivity index (χ0v) is 18.9. The van der Waals surface area contributed by atoms with E-state index in [9.17, 15) is 44.3 Å². The average Bonchev–Trinajstić information content (AvgIpc) is 3.23. The highest BCUT2D eigenvalue weighted by atomic mass is 35.5. The van der Waals surface area contributed by atoms with Crippen molar-refractivity contribution in [1.82, 2.24) is 15.3 Å². The van der Waals surface area contributed by atoms with Gasteiger partial charge in [0.1, 0.15) is 16.8 Å². The fraction of sp³-hybridized carbons (Fsp3) is 0.429. The molecule has 2 unspecified atom stereocenters. The van der Waals surface area contributed by atoms with Gasteiger partial charge in [-0.2, -0.15) is 39.5 Å². The van der Waals surface area contributed by atoms with Gasteiger partial charge in [0.2, 0.25) is 5.91 Å². The van der Waals surface area contributed by atoms with E-state index >= 15 is 0 Å². The summed E-state index contributed by atoms with van der Waals surface area (Å²) in [5.41, 5.74) is -8.57. The molecule has 3 rings (SSSR count). The van der Waals surface area contributed by atoms with Gasteiger partial charge in [-0.25, -0.2) is 4.98 Å². The molecule has 0 fully saturated rings. The van der Waals surface area contributed by atoms with E-state index in [-0.39, 0.29) is 47.9 Å². The van der Waals surface area contributed by atoms with Gasteiger partial charge in [0.25, 0.3) is 0 Å². The number of hydrogen-bond acceptors (Lipinski definition) is 4. The van der Waals surface area contributed by atoms with E-state index in [0.717, 1.165) is 0 Å². The molecule has 15 heteroatoms. The number of hydrogen-bond donors (Lipinski definition) is 1. The molecule has 0 bridgehead atoms. The zero-order chi connectivity index (χ0) is 27.1. The molecule has 0 radical (unpaired) electrons. The molecule has 196 valence electrons. The predicted octanol–water partition coefficient (Wildman–Crippen LogP) is 6.21. The van der Waals surface area contributed by atoms with E-state index < -0.39 is 53.4 Å². The number of carbonyl (C=O) groups is 1. The first kappa shape index (κ1) is 27.7. The summed E-state index contributed by atoms with van der Waals surface area (Å²) in [6, 6.07) is -0.313. The SMILES string of the molecule is CCC(=O)NCc1cnc(C2CC(c3cc(C(F)(F)F)nc(C(F)(F)F)c3)(C(F)(F)F)C=N2)cc1Cl. The molecule has 2 aromatic heterocycles. The van der Waals surface area contributed by atoms with E-state index in [0.29, 0.717) is 5.56 Å². The summed E-state index contributed by atoms with van der Waals surface area (Å²) in [5, 5.41) is 2.56. The standard InChI is InChI=1S/C21H16ClF9N4O/c1-2-17(36)33-8-10-7-32-13(5-12(10)22)14-6-18(9-34-14,21(29,30)31)11-3-15(19(23,24)25)35-16(4-11)20(26,27)28/h3-5,7,9,14H,2,6,8H2,1H3,(H,33,36). The first-order valence-electron chi connectivity index (χ1n) is 10.2. The molecule has 0 aromatic carbocycles. The second-order valence-corrected chi connectivity index (χ2v) is 8.33. The van der Waals surface area contributed by atoms with Crippen molar-refractivity contribution >= 4 is 23.7 Å². The molecule has 0 aliphatic carbocycles.